The van der Waals surface area contributed by atoms with Gasteiger partial charge in [0, 0.05) is 25.7 Å². The Balaban J connectivity index is 1.38. The number of carbonyl (C=O) groups is 1. The number of nitrogens with zero attached hydrogens (tertiary/aromatic N) is 4. The summed E-state index contributed by atoms with van der Waals surface area (Å²) in [5.74, 6) is 1.55. The van der Waals surface area contributed by atoms with Gasteiger partial charge in [-0.1, -0.05) is 24.3 Å². The van der Waals surface area contributed by atoms with E-state index in [1.807, 2.05) is 18.2 Å². The van der Waals surface area contributed by atoms with E-state index in [1.165, 1.54) is 28.3 Å². The Morgan fingerprint density at radius 2 is 2.17 bits per heavy atom. The Labute approximate surface area is 176 Å². The minimum atomic E-state index is -0.453. The molecular formula is C20H21N5O4S. The standard InChI is InChI=1S/C20H21N5O4S/c1-12-3-2-6-24(10-12)20-23-25-14(8-17(26)22-19(25)30-20)18(27)21-9-13-4-5-15-16(7-13)29-11-28-15/h4-5,7-8,12H,2-3,6,9-11H2,1H3,(H,21,27)/t12-/m1/s1. The van der Waals surface area contributed by atoms with Gasteiger partial charge in [-0.25, -0.2) is 0 Å². The fraction of sp³-hybridized carbons (Fsp3) is 0.400. The first kappa shape index (κ1) is 18.9. The molecule has 0 bridgehead atoms. The molecule has 1 saturated heterocycles. The van der Waals surface area contributed by atoms with Gasteiger partial charge in [0.25, 0.3) is 11.5 Å². The molecule has 1 amide bonds. The second kappa shape index (κ2) is 7.60. The molecule has 0 saturated carbocycles. The molecule has 0 radical (unpaired) electrons. The van der Waals surface area contributed by atoms with Crippen molar-refractivity contribution in [2.45, 2.75) is 26.3 Å². The van der Waals surface area contributed by atoms with Gasteiger partial charge in [0.15, 0.2) is 11.5 Å². The number of carbonyl (C=O) groups excluding carboxylic acids is 1. The molecule has 5 rings (SSSR count). The predicted molar refractivity (Wildman–Crippen MR) is 111 cm³/mol. The number of rotatable bonds is 4. The first-order chi connectivity index (χ1) is 14.6. The van der Waals surface area contributed by atoms with E-state index < -0.39 is 5.56 Å². The van der Waals surface area contributed by atoms with Gasteiger partial charge in [0.2, 0.25) is 16.9 Å². The molecule has 1 atom stereocenters. The Morgan fingerprint density at radius 3 is 3.03 bits per heavy atom. The van der Waals surface area contributed by atoms with E-state index in [1.54, 1.807) is 0 Å². The van der Waals surface area contributed by atoms with Gasteiger partial charge in [-0.15, -0.1) is 5.10 Å². The molecule has 4 heterocycles. The third-order valence-electron chi connectivity index (χ3n) is 5.29. The zero-order valence-corrected chi connectivity index (χ0v) is 17.3. The molecule has 30 heavy (non-hydrogen) atoms. The lowest BCUT2D eigenvalue weighted by Gasteiger charge is -2.30. The van der Waals surface area contributed by atoms with Crippen molar-refractivity contribution in [3.05, 3.63) is 45.9 Å². The number of anilines is 1. The number of amides is 1. The van der Waals surface area contributed by atoms with Crippen LogP contribution in [-0.4, -0.2) is 40.4 Å². The summed E-state index contributed by atoms with van der Waals surface area (Å²) >= 11 is 1.34. The third-order valence-corrected chi connectivity index (χ3v) is 6.26. The van der Waals surface area contributed by atoms with Crippen molar-refractivity contribution in [1.29, 1.82) is 0 Å². The summed E-state index contributed by atoms with van der Waals surface area (Å²) in [6, 6.07) is 6.73. The fourth-order valence-corrected chi connectivity index (χ4v) is 4.72. The van der Waals surface area contributed by atoms with Gasteiger partial charge in [-0.05, 0) is 36.5 Å². The van der Waals surface area contributed by atoms with Crippen LogP contribution in [0.25, 0.3) is 4.96 Å². The molecule has 156 valence electrons. The maximum atomic E-state index is 12.9. The molecule has 1 aromatic carbocycles. The maximum absolute atomic E-state index is 12.9. The molecule has 0 spiro atoms. The van der Waals surface area contributed by atoms with E-state index in [0.29, 0.717) is 22.4 Å². The second-order valence-electron chi connectivity index (χ2n) is 7.62. The average molecular weight is 427 g/mol. The second-order valence-corrected chi connectivity index (χ2v) is 8.56. The van der Waals surface area contributed by atoms with Crippen LogP contribution < -0.4 is 25.2 Å². The Kier molecular flexibility index (Phi) is 4.78. The average Bonchev–Trinajstić information content (AvgIpc) is 3.37. The van der Waals surface area contributed by atoms with Crippen LogP contribution in [0.3, 0.4) is 0 Å². The van der Waals surface area contributed by atoms with Crippen LogP contribution in [0.4, 0.5) is 5.13 Å². The Bertz CT molecular complexity index is 1170. The third kappa shape index (κ3) is 3.58. The molecule has 2 aliphatic rings. The maximum Gasteiger partial charge on any atom is 0.274 e. The van der Waals surface area contributed by atoms with Crippen molar-refractivity contribution in [1.82, 2.24) is 19.9 Å². The number of piperidine rings is 1. The van der Waals surface area contributed by atoms with Gasteiger partial charge < -0.3 is 19.7 Å². The molecule has 1 N–H and O–H groups in total. The van der Waals surface area contributed by atoms with Gasteiger partial charge >= 0.3 is 0 Å². The van der Waals surface area contributed by atoms with Crippen molar-refractivity contribution >= 4 is 27.3 Å². The van der Waals surface area contributed by atoms with E-state index in [4.69, 9.17) is 9.47 Å². The summed E-state index contributed by atoms with van der Waals surface area (Å²) in [5, 5.41) is 8.23. The van der Waals surface area contributed by atoms with Crippen LogP contribution in [0.2, 0.25) is 0 Å². The highest BCUT2D eigenvalue weighted by Crippen LogP contribution is 2.32. The predicted octanol–water partition coefficient (Wildman–Crippen LogP) is 2.05. The topological polar surface area (TPSA) is 98.1 Å². The minimum absolute atomic E-state index is 0.179. The van der Waals surface area contributed by atoms with E-state index in [-0.39, 0.29) is 24.9 Å². The molecular weight excluding hydrogens is 406 g/mol. The molecule has 0 unspecified atom stereocenters. The number of fused-ring (bicyclic) bond motifs is 2. The SMILES string of the molecule is C[C@@H]1CCCN(c2nn3c(C(=O)NCc4ccc5c(c4)OCO5)cc(=O)nc3s2)C1. The zero-order valence-electron chi connectivity index (χ0n) is 16.5. The lowest BCUT2D eigenvalue weighted by atomic mass is 10.0. The van der Waals surface area contributed by atoms with Gasteiger partial charge in [0.05, 0.1) is 0 Å². The fourth-order valence-electron chi connectivity index (χ4n) is 3.78. The summed E-state index contributed by atoms with van der Waals surface area (Å²) in [4.78, 5) is 31.6. The number of aromatic nitrogens is 3. The van der Waals surface area contributed by atoms with Crippen LogP contribution in [0.1, 0.15) is 35.8 Å². The lowest BCUT2D eigenvalue weighted by molar-refractivity contribution is 0.0943. The van der Waals surface area contributed by atoms with Crippen LogP contribution in [-0.2, 0) is 6.54 Å². The Hall–Kier alpha value is -3.14. The number of nitrogens with one attached hydrogen (secondary N) is 1. The van der Waals surface area contributed by atoms with E-state index in [0.717, 1.165) is 30.2 Å². The van der Waals surface area contributed by atoms with Crippen LogP contribution >= 0.6 is 11.3 Å². The number of hydrogen-bond acceptors (Lipinski definition) is 8. The summed E-state index contributed by atoms with van der Waals surface area (Å²) in [6.45, 7) is 4.53. The summed E-state index contributed by atoms with van der Waals surface area (Å²) in [5.41, 5.74) is 0.593. The first-order valence-corrected chi connectivity index (χ1v) is 10.7. The van der Waals surface area contributed by atoms with Crippen LogP contribution in [0, 0.1) is 5.92 Å². The monoisotopic (exact) mass is 427 g/mol. The molecule has 0 aliphatic carbocycles. The molecule has 3 aromatic rings. The summed E-state index contributed by atoms with van der Waals surface area (Å²) in [6.07, 6.45) is 2.30. The largest absolute Gasteiger partial charge is 0.454 e. The van der Waals surface area contributed by atoms with Crippen LogP contribution in [0.15, 0.2) is 29.1 Å². The molecule has 2 aliphatic heterocycles. The number of hydrogen-bond donors (Lipinski definition) is 1. The minimum Gasteiger partial charge on any atom is -0.454 e. The van der Waals surface area contributed by atoms with Gasteiger partial charge in [0.1, 0.15) is 5.69 Å². The van der Waals surface area contributed by atoms with Crippen molar-refractivity contribution < 1.29 is 14.3 Å². The van der Waals surface area contributed by atoms with Crippen molar-refractivity contribution in [3.8, 4) is 11.5 Å². The Morgan fingerprint density at radius 1 is 1.30 bits per heavy atom. The molecule has 10 heteroatoms. The highest BCUT2D eigenvalue weighted by atomic mass is 32.1. The summed E-state index contributed by atoms with van der Waals surface area (Å²) in [7, 11) is 0. The normalized spacial score (nSPS) is 18.0. The van der Waals surface area contributed by atoms with Crippen molar-refractivity contribution in [2.75, 3.05) is 24.8 Å². The van der Waals surface area contributed by atoms with Gasteiger partial charge in [-0.2, -0.15) is 9.50 Å². The smallest absolute Gasteiger partial charge is 0.274 e. The molecule has 2 aromatic heterocycles. The van der Waals surface area contributed by atoms with E-state index in [9.17, 15) is 9.59 Å². The van der Waals surface area contributed by atoms with Gasteiger partial charge in [-0.3, -0.25) is 9.59 Å². The quantitative estimate of drug-likeness (QED) is 0.680. The van der Waals surface area contributed by atoms with Crippen molar-refractivity contribution in [2.24, 2.45) is 5.92 Å². The molecule has 9 nitrogen and oxygen atoms in total. The highest BCUT2D eigenvalue weighted by molar-refractivity contribution is 7.20. The van der Waals surface area contributed by atoms with E-state index in [2.05, 4.69) is 27.2 Å². The van der Waals surface area contributed by atoms with Crippen LogP contribution in [0.5, 0.6) is 11.5 Å². The van der Waals surface area contributed by atoms with Crippen molar-refractivity contribution in [3.63, 3.8) is 0 Å². The first-order valence-electron chi connectivity index (χ1n) is 9.89. The summed E-state index contributed by atoms with van der Waals surface area (Å²) < 4.78 is 12.1. The number of benzene rings is 1. The lowest BCUT2D eigenvalue weighted by Crippen LogP contribution is -2.34. The van der Waals surface area contributed by atoms with E-state index >= 15 is 0 Å². The highest BCUT2D eigenvalue weighted by Gasteiger charge is 2.22. The number of ether oxygens (including phenoxy) is 2. The zero-order chi connectivity index (χ0) is 20.7. The molecule has 1 fully saturated rings.